The van der Waals surface area contributed by atoms with Gasteiger partial charge in [0.15, 0.2) is 0 Å². The van der Waals surface area contributed by atoms with Crippen molar-refractivity contribution < 1.29 is 8.42 Å². The molecule has 0 saturated heterocycles. The third kappa shape index (κ3) is 4.19. The molecule has 2 rings (SSSR count). The van der Waals surface area contributed by atoms with Gasteiger partial charge in [-0.1, -0.05) is 43.9 Å². The van der Waals surface area contributed by atoms with Crippen molar-refractivity contribution in [1.82, 2.24) is 4.72 Å². The highest BCUT2D eigenvalue weighted by atomic mass is 35.5. The van der Waals surface area contributed by atoms with Gasteiger partial charge in [-0.05, 0) is 36.0 Å². The van der Waals surface area contributed by atoms with Gasteiger partial charge in [0.05, 0.1) is 5.02 Å². The maximum absolute atomic E-state index is 12.5. The van der Waals surface area contributed by atoms with Crippen molar-refractivity contribution in [3.8, 4) is 0 Å². The second kappa shape index (κ2) is 6.65. The molecule has 0 atom stereocenters. The molecule has 3 N–H and O–H groups in total. The van der Waals surface area contributed by atoms with Crippen molar-refractivity contribution in [3.63, 3.8) is 0 Å². The molecular formula is C15H23ClN2O2S. The summed E-state index contributed by atoms with van der Waals surface area (Å²) in [5.41, 5.74) is 6.36. The Morgan fingerprint density at radius 2 is 1.95 bits per heavy atom. The number of hydrogen-bond acceptors (Lipinski definition) is 3. The summed E-state index contributed by atoms with van der Waals surface area (Å²) in [7, 11) is -3.60. The normalized spacial score (nSPS) is 18.6. The number of nitrogens with one attached hydrogen (secondary N) is 1. The molecule has 1 aromatic rings. The minimum absolute atomic E-state index is 0.0449. The Balaban J connectivity index is 2.15. The van der Waals surface area contributed by atoms with Crippen LogP contribution < -0.4 is 10.5 Å². The highest BCUT2D eigenvalue weighted by molar-refractivity contribution is 7.89. The van der Waals surface area contributed by atoms with E-state index in [1.165, 1.54) is 19.3 Å². The number of hydrogen-bond donors (Lipinski definition) is 2. The molecule has 1 saturated carbocycles. The van der Waals surface area contributed by atoms with Gasteiger partial charge >= 0.3 is 0 Å². The lowest BCUT2D eigenvalue weighted by atomic mass is 9.76. The smallest absolute Gasteiger partial charge is 0.242 e. The first-order valence-electron chi connectivity index (χ1n) is 7.34. The van der Waals surface area contributed by atoms with E-state index in [0.29, 0.717) is 6.54 Å². The second-order valence-corrected chi connectivity index (χ2v) is 8.31. The van der Waals surface area contributed by atoms with E-state index in [2.05, 4.69) is 11.6 Å². The number of rotatable bonds is 5. The SMILES string of the molecule is CC1(CNS(=O)(=O)c2cc(CN)ccc2Cl)CCCCC1. The summed E-state index contributed by atoms with van der Waals surface area (Å²) in [4.78, 5) is 0.117. The van der Waals surface area contributed by atoms with Crippen LogP contribution in [-0.4, -0.2) is 15.0 Å². The van der Waals surface area contributed by atoms with Gasteiger partial charge in [-0.15, -0.1) is 0 Å². The van der Waals surface area contributed by atoms with E-state index in [-0.39, 0.29) is 21.9 Å². The first kappa shape index (κ1) is 16.7. The lowest BCUT2D eigenvalue weighted by Crippen LogP contribution is -2.37. The molecule has 0 spiro atoms. The van der Waals surface area contributed by atoms with E-state index in [0.717, 1.165) is 18.4 Å². The molecule has 4 nitrogen and oxygen atoms in total. The van der Waals surface area contributed by atoms with Gasteiger partial charge in [0.2, 0.25) is 10.0 Å². The molecular weight excluding hydrogens is 308 g/mol. The highest BCUT2D eigenvalue weighted by Gasteiger charge is 2.29. The van der Waals surface area contributed by atoms with Crippen LogP contribution in [0, 0.1) is 5.41 Å². The standard InChI is InChI=1S/C15H23ClN2O2S/c1-15(7-3-2-4-8-15)11-18-21(19,20)14-9-12(10-17)5-6-13(14)16/h5-6,9,18H,2-4,7-8,10-11,17H2,1H3. The van der Waals surface area contributed by atoms with Gasteiger partial charge in [-0.2, -0.15) is 0 Å². The molecule has 0 heterocycles. The van der Waals surface area contributed by atoms with Crippen LogP contribution in [0.2, 0.25) is 5.02 Å². The van der Waals surface area contributed by atoms with Crippen molar-refractivity contribution >= 4 is 21.6 Å². The molecule has 0 radical (unpaired) electrons. The zero-order valence-electron chi connectivity index (χ0n) is 12.4. The summed E-state index contributed by atoms with van der Waals surface area (Å²) in [5, 5.41) is 0.230. The van der Waals surface area contributed by atoms with Crippen LogP contribution in [0.15, 0.2) is 23.1 Å². The van der Waals surface area contributed by atoms with Crippen molar-refractivity contribution in [2.75, 3.05) is 6.54 Å². The summed E-state index contributed by atoms with van der Waals surface area (Å²) in [6.07, 6.45) is 5.70. The van der Waals surface area contributed by atoms with Gasteiger partial charge in [-0.25, -0.2) is 13.1 Å². The first-order valence-corrected chi connectivity index (χ1v) is 9.21. The maximum atomic E-state index is 12.5. The Bertz CT molecular complexity index is 596. The summed E-state index contributed by atoms with van der Waals surface area (Å²) < 4.78 is 27.7. The average Bonchev–Trinajstić information content (AvgIpc) is 2.47. The number of nitrogens with two attached hydrogens (primary N) is 1. The fourth-order valence-corrected chi connectivity index (χ4v) is 4.56. The molecule has 118 valence electrons. The zero-order valence-corrected chi connectivity index (χ0v) is 13.9. The molecule has 1 fully saturated rings. The lowest BCUT2D eigenvalue weighted by Gasteiger charge is -2.33. The van der Waals surface area contributed by atoms with Crippen LogP contribution in [-0.2, 0) is 16.6 Å². The fraction of sp³-hybridized carbons (Fsp3) is 0.600. The molecule has 1 aliphatic carbocycles. The molecule has 0 bridgehead atoms. The summed E-state index contributed by atoms with van der Waals surface area (Å²) in [5.74, 6) is 0. The number of benzene rings is 1. The number of halogens is 1. The Morgan fingerprint density at radius 1 is 1.29 bits per heavy atom. The van der Waals surface area contributed by atoms with Crippen LogP contribution in [0.3, 0.4) is 0 Å². The molecule has 1 aromatic carbocycles. The molecule has 1 aliphatic rings. The van der Waals surface area contributed by atoms with E-state index in [4.69, 9.17) is 17.3 Å². The van der Waals surface area contributed by atoms with Crippen LogP contribution in [0.5, 0.6) is 0 Å². The maximum Gasteiger partial charge on any atom is 0.242 e. The largest absolute Gasteiger partial charge is 0.326 e. The molecule has 0 amide bonds. The Hall–Kier alpha value is -0.620. The quantitative estimate of drug-likeness (QED) is 0.871. The van der Waals surface area contributed by atoms with E-state index < -0.39 is 10.0 Å². The predicted octanol–water partition coefficient (Wildman–Crippen LogP) is 3.05. The van der Waals surface area contributed by atoms with E-state index >= 15 is 0 Å². The average molecular weight is 331 g/mol. The monoisotopic (exact) mass is 330 g/mol. The first-order chi connectivity index (χ1) is 9.86. The molecule has 0 aromatic heterocycles. The van der Waals surface area contributed by atoms with Crippen LogP contribution in [0.4, 0.5) is 0 Å². The summed E-state index contributed by atoms with van der Waals surface area (Å²) >= 11 is 6.03. The van der Waals surface area contributed by atoms with E-state index in [1.54, 1.807) is 18.2 Å². The Labute approximate surface area is 132 Å². The Morgan fingerprint density at radius 3 is 2.57 bits per heavy atom. The molecule has 21 heavy (non-hydrogen) atoms. The number of sulfonamides is 1. The zero-order chi connectivity index (χ0) is 15.5. The van der Waals surface area contributed by atoms with E-state index in [1.807, 2.05) is 0 Å². The van der Waals surface area contributed by atoms with Crippen molar-refractivity contribution in [2.45, 2.75) is 50.5 Å². The Kier molecular flexibility index (Phi) is 5.30. The second-order valence-electron chi connectivity index (χ2n) is 6.16. The topological polar surface area (TPSA) is 72.2 Å². The fourth-order valence-electron chi connectivity index (χ4n) is 2.81. The van der Waals surface area contributed by atoms with Crippen LogP contribution in [0.1, 0.15) is 44.6 Å². The highest BCUT2D eigenvalue weighted by Crippen LogP contribution is 2.35. The van der Waals surface area contributed by atoms with Crippen LogP contribution >= 0.6 is 11.6 Å². The van der Waals surface area contributed by atoms with Gasteiger partial charge in [-0.3, -0.25) is 0 Å². The summed E-state index contributed by atoms with van der Waals surface area (Å²) in [6.45, 7) is 2.89. The van der Waals surface area contributed by atoms with Crippen LogP contribution in [0.25, 0.3) is 0 Å². The molecule has 6 heteroatoms. The van der Waals surface area contributed by atoms with E-state index in [9.17, 15) is 8.42 Å². The van der Waals surface area contributed by atoms with Crippen molar-refractivity contribution in [1.29, 1.82) is 0 Å². The van der Waals surface area contributed by atoms with Gasteiger partial charge in [0, 0.05) is 13.1 Å². The summed E-state index contributed by atoms with van der Waals surface area (Å²) in [6, 6.07) is 4.87. The predicted molar refractivity (Wildman–Crippen MR) is 85.7 cm³/mol. The third-order valence-corrected chi connectivity index (χ3v) is 6.15. The molecule has 0 aliphatic heterocycles. The van der Waals surface area contributed by atoms with Crippen molar-refractivity contribution in [3.05, 3.63) is 28.8 Å². The van der Waals surface area contributed by atoms with Gasteiger partial charge < -0.3 is 5.73 Å². The lowest BCUT2D eigenvalue weighted by molar-refractivity contribution is 0.219. The minimum Gasteiger partial charge on any atom is -0.326 e. The minimum atomic E-state index is -3.60. The molecule has 0 unspecified atom stereocenters. The van der Waals surface area contributed by atoms with Gasteiger partial charge in [0.25, 0.3) is 0 Å². The third-order valence-electron chi connectivity index (χ3n) is 4.27. The van der Waals surface area contributed by atoms with Crippen molar-refractivity contribution in [2.24, 2.45) is 11.1 Å². The van der Waals surface area contributed by atoms with Gasteiger partial charge in [0.1, 0.15) is 4.90 Å².